The van der Waals surface area contributed by atoms with Gasteiger partial charge in [-0.05, 0) is 43.3 Å². The Morgan fingerprint density at radius 1 is 1.03 bits per heavy atom. The first-order valence-corrected chi connectivity index (χ1v) is 9.64. The van der Waals surface area contributed by atoms with E-state index in [-0.39, 0.29) is 11.7 Å². The second-order valence-corrected chi connectivity index (χ2v) is 7.10. The summed E-state index contributed by atoms with van der Waals surface area (Å²) in [6, 6.07) is 14.5. The number of carbonyl (C=O) groups is 3. The van der Waals surface area contributed by atoms with Crippen molar-refractivity contribution in [1.29, 1.82) is 0 Å². The minimum Gasteiger partial charge on any atom is -0.465 e. The number of ether oxygens (including phenoxy) is 1. The topological polar surface area (TPSA) is 80.2 Å². The van der Waals surface area contributed by atoms with Crippen molar-refractivity contribution in [3.8, 4) is 0 Å². The van der Waals surface area contributed by atoms with Crippen molar-refractivity contribution < 1.29 is 24.0 Å². The van der Waals surface area contributed by atoms with Crippen molar-refractivity contribution in [3.63, 3.8) is 0 Å². The van der Waals surface area contributed by atoms with Crippen LogP contribution in [-0.2, 0) is 9.53 Å². The van der Waals surface area contributed by atoms with Gasteiger partial charge in [0.15, 0.2) is 12.3 Å². The summed E-state index contributed by atoms with van der Waals surface area (Å²) in [7, 11) is 1.32. The smallest absolute Gasteiger partial charge is 0.339 e. The molecule has 0 radical (unpaired) electrons. The number of carbonyl (C=O) groups excluding carboxylic acids is 3. The fraction of sp³-hybridized carbons (Fsp3) is 0.318. The molecule has 0 bridgehead atoms. The minimum atomic E-state index is -0.474. The molecule has 2 aromatic carbocycles. The molecule has 1 aliphatic rings. The number of hydrogen-bond donors (Lipinski definition) is 2. The summed E-state index contributed by atoms with van der Waals surface area (Å²) in [4.78, 5) is 39.2. The fourth-order valence-electron chi connectivity index (χ4n) is 3.47. The van der Waals surface area contributed by atoms with Gasteiger partial charge in [0.1, 0.15) is 0 Å². The van der Waals surface area contributed by atoms with E-state index in [0.717, 1.165) is 31.9 Å². The van der Waals surface area contributed by atoms with Crippen LogP contribution in [0.2, 0.25) is 0 Å². The van der Waals surface area contributed by atoms with Crippen LogP contribution in [0.5, 0.6) is 0 Å². The first kappa shape index (κ1) is 20.5. The number of hydrogen-bond acceptors (Lipinski definition) is 5. The number of methoxy groups -OCH3 is 1. The Hall–Kier alpha value is -3.19. The highest BCUT2D eigenvalue weighted by Crippen LogP contribution is 2.16. The Labute approximate surface area is 170 Å². The summed E-state index contributed by atoms with van der Waals surface area (Å²) in [5.74, 6) is -0.543. The molecule has 1 heterocycles. The van der Waals surface area contributed by atoms with Crippen molar-refractivity contribution >= 4 is 29.0 Å². The number of nitrogens with one attached hydrogen (secondary N) is 2. The summed E-state index contributed by atoms with van der Waals surface area (Å²) in [6.45, 7) is 5.24. The summed E-state index contributed by atoms with van der Waals surface area (Å²) in [5, 5.41) is 2.83. The number of amides is 1. The summed E-state index contributed by atoms with van der Waals surface area (Å²) < 4.78 is 4.76. The summed E-state index contributed by atoms with van der Waals surface area (Å²) in [6.07, 6.45) is 0. The van der Waals surface area contributed by atoms with E-state index in [1.165, 1.54) is 12.0 Å². The maximum absolute atomic E-state index is 12.5. The zero-order valence-corrected chi connectivity index (χ0v) is 16.7. The second-order valence-electron chi connectivity index (χ2n) is 7.10. The minimum absolute atomic E-state index is 0.0607. The number of ketones is 1. The van der Waals surface area contributed by atoms with Gasteiger partial charge in [-0.3, -0.25) is 9.59 Å². The number of para-hydroxylation sites is 1. The van der Waals surface area contributed by atoms with Crippen molar-refractivity contribution in [2.45, 2.75) is 6.92 Å². The molecule has 3 rings (SSSR count). The standard InChI is InChI=1S/C22H25N3O4/c1-16(26)17-7-9-18(10-8-17)25-13-11-24(12-14-25)15-21(27)23-20-6-4-3-5-19(20)22(28)29-2/h3-10H,11-15H2,1-2H3,(H,23,27)/p+1. The van der Waals surface area contributed by atoms with E-state index in [1.807, 2.05) is 24.3 Å². The lowest BCUT2D eigenvalue weighted by Gasteiger charge is -2.33. The molecule has 7 heteroatoms. The van der Waals surface area contributed by atoms with Crippen molar-refractivity contribution in [2.75, 3.05) is 50.1 Å². The summed E-state index contributed by atoms with van der Waals surface area (Å²) >= 11 is 0. The van der Waals surface area contributed by atoms with Crippen LogP contribution < -0.4 is 15.1 Å². The molecule has 0 unspecified atom stereocenters. The first-order chi connectivity index (χ1) is 14.0. The quantitative estimate of drug-likeness (QED) is 0.563. The van der Waals surface area contributed by atoms with E-state index < -0.39 is 5.97 Å². The highest BCUT2D eigenvalue weighted by Gasteiger charge is 2.23. The molecule has 0 spiro atoms. The molecular weight excluding hydrogens is 370 g/mol. The van der Waals surface area contributed by atoms with E-state index in [4.69, 9.17) is 4.74 Å². The van der Waals surface area contributed by atoms with Crippen molar-refractivity contribution in [1.82, 2.24) is 0 Å². The number of rotatable bonds is 6. The van der Waals surface area contributed by atoms with Gasteiger partial charge < -0.3 is 19.9 Å². The van der Waals surface area contributed by atoms with Gasteiger partial charge in [-0.15, -0.1) is 0 Å². The van der Waals surface area contributed by atoms with Gasteiger partial charge in [-0.2, -0.15) is 0 Å². The van der Waals surface area contributed by atoms with Gasteiger partial charge in [-0.25, -0.2) is 4.79 Å². The SMILES string of the molecule is COC(=O)c1ccccc1NC(=O)C[NH+]1CCN(c2ccc(C(C)=O)cc2)CC1. The lowest BCUT2D eigenvalue weighted by atomic mass is 10.1. The van der Waals surface area contributed by atoms with Gasteiger partial charge in [0.2, 0.25) is 0 Å². The monoisotopic (exact) mass is 396 g/mol. The third kappa shape index (κ3) is 5.20. The van der Waals surface area contributed by atoms with Crippen LogP contribution in [-0.4, -0.2) is 57.5 Å². The predicted octanol–water partition coefficient (Wildman–Crippen LogP) is 1.02. The largest absolute Gasteiger partial charge is 0.465 e. The molecule has 0 atom stereocenters. The Kier molecular flexibility index (Phi) is 6.61. The zero-order valence-electron chi connectivity index (χ0n) is 16.7. The van der Waals surface area contributed by atoms with Gasteiger partial charge in [-0.1, -0.05) is 12.1 Å². The molecule has 0 saturated carbocycles. The summed E-state index contributed by atoms with van der Waals surface area (Å²) in [5.41, 5.74) is 2.61. The van der Waals surface area contributed by atoms with Crippen LogP contribution in [0.3, 0.4) is 0 Å². The van der Waals surface area contributed by atoms with Crippen LogP contribution in [0.15, 0.2) is 48.5 Å². The first-order valence-electron chi connectivity index (χ1n) is 9.64. The van der Waals surface area contributed by atoms with Gasteiger partial charge in [0.05, 0.1) is 44.5 Å². The molecular formula is C22H26N3O4+. The molecule has 152 valence electrons. The maximum atomic E-state index is 12.5. The lowest BCUT2D eigenvalue weighted by Crippen LogP contribution is -3.15. The van der Waals surface area contributed by atoms with E-state index in [0.29, 0.717) is 23.4 Å². The fourth-order valence-corrected chi connectivity index (χ4v) is 3.47. The van der Waals surface area contributed by atoms with E-state index in [9.17, 15) is 14.4 Å². The zero-order chi connectivity index (χ0) is 20.8. The van der Waals surface area contributed by atoms with Crippen LogP contribution >= 0.6 is 0 Å². The van der Waals surface area contributed by atoms with Crippen molar-refractivity contribution in [2.24, 2.45) is 0 Å². The van der Waals surface area contributed by atoms with Crippen molar-refractivity contribution in [3.05, 3.63) is 59.7 Å². The number of quaternary nitrogens is 1. The number of esters is 1. The molecule has 1 saturated heterocycles. The number of anilines is 2. The molecule has 1 amide bonds. The third-order valence-electron chi connectivity index (χ3n) is 5.13. The predicted molar refractivity (Wildman–Crippen MR) is 111 cm³/mol. The Balaban J connectivity index is 1.52. The average Bonchev–Trinajstić information content (AvgIpc) is 2.74. The number of benzene rings is 2. The molecule has 7 nitrogen and oxygen atoms in total. The number of piperazine rings is 1. The average molecular weight is 396 g/mol. The third-order valence-corrected chi connectivity index (χ3v) is 5.13. The highest BCUT2D eigenvalue weighted by atomic mass is 16.5. The molecule has 1 fully saturated rings. The Bertz CT molecular complexity index is 887. The van der Waals surface area contributed by atoms with Crippen LogP contribution in [0, 0.1) is 0 Å². The lowest BCUT2D eigenvalue weighted by molar-refractivity contribution is -0.892. The highest BCUT2D eigenvalue weighted by molar-refractivity contribution is 6.01. The van der Waals surface area contributed by atoms with E-state index >= 15 is 0 Å². The maximum Gasteiger partial charge on any atom is 0.339 e. The van der Waals surface area contributed by atoms with Crippen LogP contribution in [0.4, 0.5) is 11.4 Å². The van der Waals surface area contributed by atoms with Gasteiger partial charge in [0, 0.05) is 11.3 Å². The molecule has 0 aromatic heterocycles. The number of Topliss-reactive ketones (excluding diaryl/α,β-unsaturated/α-hetero) is 1. The van der Waals surface area contributed by atoms with E-state index in [1.54, 1.807) is 31.2 Å². The molecule has 29 heavy (non-hydrogen) atoms. The molecule has 0 aliphatic carbocycles. The molecule has 2 N–H and O–H groups in total. The molecule has 2 aromatic rings. The van der Waals surface area contributed by atoms with E-state index in [2.05, 4.69) is 10.2 Å². The van der Waals surface area contributed by atoms with Crippen LogP contribution in [0.1, 0.15) is 27.6 Å². The van der Waals surface area contributed by atoms with Crippen LogP contribution in [0.25, 0.3) is 0 Å². The van der Waals surface area contributed by atoms with Gasteiger partial charge in [0.25, 0.3) is 5.91 Å². The Morgan fingerprint density at radius 3 is 2.31 bits per heavy atom. The van der Waals surface area contributed by atoms with Gasteiger partial charge >= 0.3 is 5.97 Å². The Morgan fingerprint density at radius 2 is 1.69 bits per heavy atom. The number of nitrogens with zero attached hydrogens (tertiary/aromatic N) is 1. The molecule has 1 aliphatic heterocycles. The normalized spacial score (nSPS) is 14.3. The second kappa shape index (κ2) is 9.34.